The number of carbonyl (C=O) groups is 4. The average molecular weight is 354 g/mol. The zero-order chi connectivity index (χ0) is 19.1. The minimum atomic E-state index is -1.24. The fraction of sp³-hybridized carbons (Fsp3) is 0. The van der Waals surface area contributed by atoms with Crippen LogP contribution in [0.1, 0.15) is 0 Å². The standard InChI is InChI=1S/C18H14N2O6/c21-15(7-9-17(23)24)19-13-5-6-14(12-4-2-1-3-11(12)13)20-16(22)8-10-18(25)26/h1-10H,(H,19,21)(H,20,22)(H,23,24)(H,25,26). The van der Waals surface area contributed by atoms with Gasteiger partial charge in [0.2, 0.25) is 11.8 Å². The molecule has 0 aliphatic rings. The van der Waals surface area contributed by atoms with Gasteiger partial charge in [-0.3, -0.25) is 9.59 Å². The van der Waals surface area contributed by atoms with E-state index in [0.29, 0.717) is 22.1 Å². The Hall–Kier alpha value is -3.94. The van der Waals surface area contributed by atoms with Crippen LogP contribution in [0.25, 0.3) is 10.8 Å². The van der Waals surface area contributed by atoms with Crippen LogP contribution in [0.4, 0.5) is 11.4 Å². The van der Waals surface area contributed by atoms with Crippen LogP contribution in [0.3, 0.4) is 0 Å². The first kappa shape index (κ1) is 18.4. The number of carbonyl (C=O) groups excluding carboxylic acids is 2. The van der Waals surface area contributed by atoms with E-state index in [4.69, 9.17) is 10.2 Å². The van der Waals surface area contributed by atoms with Gasteiger partial charge < -0.3 is 20.8 Å². The third-order valence-corrected chi connectivity index (χ3v) is 3.19. The van der Waals surface area contributed by atoms with Gasteiger partial charge in [-0.2, -0.15) is 0 Å². The molecule has 26 heavy (non-hydrogen) atoms. The van der Waals surface area contributed by atoms with Gasteiger partial charge in [0.05, 0.1) is 0 Å². The number of hydrogen-bond acceptors (Lipinski definition) is 4. The maximum Gasteiger partial charge on any atom is 0.328 e. The Labute approximate surface area is 147 Å². The summed E-state index contributed by atoms with van der Waals surface area (Å²) in [7, 11) is 0. The van der Waals surface area contributed by atoms with Crippen molar-refractivity contribution in [2.45, 2.75) is 0 Å². The molecule has 0 radical (unpaired) electrons. The number of carboxylic acid groups (broad SMARTS) is 2. The number of carboxylic acids is 2. The van der Waals surface area contributed by atoms with E-state index >= 15 is 0 Å². The second-order valence-corrected chi connectivity index (χ2v) is 5.03. The molecule has 0 fully saturated rings. The molecule has 4 N–H and O–H groups in total. The molecular formula is C18H14N2O6. The molecule has 0 saturated heterocycles. The summed E-state index contributed by atoms with van der Waals surface area (Å²) in [6.45, 7) is 0. The highest BCUT2D eigenvalue weighted by atomic mass is 16.4. The molecule has 2 aromatic rings. The van der Waals surface area contributed by atoms with E-state index in [1.54, 1.807) is 36.4 Å². The number of fused-ring (bicyclic) bond motifs is 1. The second-order valence-electron chi connectivity index (χ2n) is 5.03. The van der Waals surface area contributed by atoms with Crippen molar-refractivity contribution in [3.05, 3.63) is 60.7 Å². The molecule has 0 aromatic heterocycles. The van der Waals surface area contributed by atoms with Gasteiger partial charge in [0.1, 0.15) is 0 Å². The van der Waals surface area contributed by atoms with Gasteiger partial charge in [-0.05, 0) is 12.1 Å². The summed E-state index contributed by atoms with van der Waals surface area (Å²) in [5.41, 5.74) is 0.861. The van der Waals surface area contributed by atoms with Crippen molar-refractivity contribution in [3.63, 3.8) is 0 Å². The average Bonchev–Trinajstić information content (AvgIpc) is 2.60. The van der Waals surface area contributed by atoms with E-state index in [-0.39, 0.29) is 0 Å². The predicted octanol–water partition coefficient (Wildman–Crippen LogP) is 2.00. The van der Waals surface area contributed by atoms with E-state index in [1.807, 2.05) is 0 Å². The smallest absolute Gasteiger partial charge is 0.328 e. The Bertz CT molecular complexity index is 869. The van der Waals surface area contributed by atoms with E-state index in [0.717, 1.165) is 24.3 Å². The van der Waals surface area contributed by atoms with E-state index < -0.39 is 23.8 Å². The molecule has 0 aliphatic heterocycles. The van der Waals surface area contributed by atoms with E-state index in [1.165, 1.54) is 0 Å². The van der Waals surface area contributed by atoms with Crippen LogP contribution >= 0.6 is 0 Å². The molecule has 0 spiro atoms. The molecule has 8 nitrogen and oxygen atoms in total. The Kier molecular flexibility index (Phi) is 5.83. The summed E-state index contributed by atoms with van der Waals surface area (Å²) < 4.78 is 0. The molecule has 0 saturated carbocycles. The summed E-state index contributed by atoms with van der Waals surface area (Å²) in [4.78, 5) is 44.5. The van der Waals surface area contributed by atoms with Crippen LogP contribution in [0.5, 0.6) is 0 Å². The molecule has 0 aliphatic carbocycles. The minimum Gasteiger partial charge on any atom is -0.478 e. The molecule has 2 aromatic carbocycles. The zero-order valence-electron chi connectivity index (χ0n) is 13.3. The van der Waals surface area contributed by atoms with Gasteiger partial charge >= 0.3 is 11.9 Å². The number of nitrogens with one attached hydrogen (secondary N) is 2. The van der Waals surface area contributed by atoms with Crippen molar-refractivity contribution in [2.75, 3.05) is 10.6 Å². The van der Waals surface area contributed by atoms with Crippen molar-refractivity contribution < 1.29 is 29.4 Å². The Morgan fingerprint density at radius 1 is 0.654 bits per heavy atom. The molecule has 0 heterocycles. The van der Waals surface area contributed by atoms with Crippen molar-refractivity contribution in [1.29, 1.82) is 0 Å². The van der Waals surface area contributed by atoms with Crippen LogP contribution in [0, 0.1) is 0 Å². The number of hydrogen-bond donors (Lipinski definition) is 4. The normalized spacial score (nSPS) is 10.9. The third-order valence-electron chi connectivity index (χ3n) is 3.19. The lowest BCUT2D eigenvalue weighted by atomic mass is 10.1. The lowest BCUT2D eigenvalue weighted by Crippen LogP contribution is -2.11. The maximum atomic E-state index is 11.8. The fourth-order valence-corrected chi connectivity index (χ4v) is 2.16. The predicted molar refractivity (Wildman–Crippen MR) is 94.8 cm³/mol. The molecule has 2 rings (SSSR count). The Balaban J connectivity index is 2.31. The molecular weight excluding hydrogens is 340 g/mol. The van der Waals surface area contributed by atoms with Gasteiger partial charge in [0.15, 0.2) is 0 Å². The highest BCUT2D eigenvalue weighted by molar-refractivity contribution is 6.13. The number of benzene rings is 2. The van der Waals surface area contributed by atoms with Crippen LogP contribution < -0.4 is 10.6 Å². The zero-order valence-corrected chi connectivity index (χ0v) is 13.3. The first-order valence-electron chi connectivity index (χ1n) is 7.32. The quantitative estimate of drug-likeness (QED) is 0.587. The monoisotopic (exact) mass is 354 g/mol. The molecule has 0 unspecified atom stereocenters. The van der Waals surface area contributed by atoms with Gasteiger partial charge in [-0.25, -0.2) is 9.59 Å². The highest BCUT2D eigenvalue weighted by Crippen LogP contribution is 2.30. The lowest BCUT2D eigenvalue weighted by Gasteiger charge is -2.12. The van der Waals surface area contributed by atoms with Gasteiger partial charge in [0, 0.05) is 46.5 Å². The van der Waals surface area contributed by atoms with Gasteiger partial charge in [0.25, 0.3) is 0 Å². The Morgan fingerprint density at radius 2 is 1.04 bits per heavy atom. The van der Waals surface area contributed by atoms with E-state index in [2.05, 4.69) is 10.6 Å². The second kappa shape index (κ2) is 8.25. The van der Waals surface area contributed by atoms with Crippen molar-refractivity contribution >= 4 is 45.9 Å². The topological polar surface area (TPSA) is 133 Å². The third kappa shape index (κ3) is 5.03. The molecule has 132 valence electrons. The van der Waals surface area contributed by atoms with Gasteiger partial charge in [-0.15, -0.1) is 0 Å². The van der Waals surface area contributed by atoms with Crippen LogP contribution in [0.15, 0.2) is 60.7 Å². The van der Waals surface area contributed by atoms with Crippen molar-refractivity contribution in [1.82, 2.24) is 0 Å². The van der Waals surface area contributed by atoms with Crippen LogP contribution in [-0.2, 0) is 19.2 Å². The van der Waals surface area contributed by atoms with E-state index in [9.17, 15) is 19.2 Å². The summed E-state index contributed by atoms with van der Waals surface area (Å²) in [6.07, 6.45) is 3.23. The minimum absolute atomic E-state index is 0.430. The van der Waals surface area contributed by atoms with Crippen molar-refractivity contribution in [2.24, 2.45) is 0 Å². The van der Waals surface area contributed by atoms with Gasteiger partial charge in [-0.1, -0.05) is 24.3 Å². The summed E-state index contributed by atoms with van der Waals surface area (Å²) in [5.74, 6) is -3.70. The number of aliphatic carboxylic acids is 2. The maximum absolute atomic E-state index is 11.8. The first-order valence-corrected chi connectivity index (χ1v) is 7.32. The number of rotatable bonds is 6. The highest BCUT2D eigenvalue weighted by Gasteiger charge is 2.09. The SMILES string of the molecule is O=C(O)C=CC(=O)Nc1ccc(NC(=O)C=CC(=O)O)c2ccccc12. The molecule has 0 atom stereocenters. The van der Waals surface area contributed by atoms with Crippen molar-refractivity contribution in [3.8, 4) is 0 Å². The van der Waals surface area contributed by atoms with Crippen LogP contribution in [-0.4, -0.2) is 34.0 Å². The first-order chi connectivity index (χ1) is 12.4. The fourth-order valence-electron chi connectivity index (χ4n) is 2.16. The summed E-state index contributed by atoms with van der Waals surface area (Å²) >= 11 is 0. The summed E-state index contributed by atoms with van der Waals surface area (Å²) in [5, 5.41) is 23.5. The molecule has 2 amide bonds. The largest absolute Gasteiger partial charge is 0.478 e. The lowest BCUT2D eigenvalue weighted by molar-refractivity contribution is -0.132. The molecule has 0 bridgehead atoms. The van der Waals surface area contributed by atoms with Crippen LogP contribution in [0.2, 0.25) is 0 Å². The number of anilines is 2. The number of amides is 2. The summed E-state index contributed by atoms with van der Waals surface area (Å²) in [6, 6.07) is 10.0. The molecule has 8 heteroatoms. The Morgan fingerprint density at radius 3 is 1.38 bits per heavy atom.